The maximum absolute atomic E-state index is 12.8. The number of hydrogen-bond donors (Lipinski definition) is 2. The third-order valence-electron chi connectivity index (χ3n) is 4.75. The number of halogens is 1. The molecule has 1 aromatic heterocycles. The lowest BCUT2D eigenvalue weighted by Gasteiger charge is -2.31. The number of nitrogens with one attached hydrogen (secondary N) is 2. The van der Waals surface area contributed by atoms with E-state index in [0.717, 1.165) is 31.8 Å². The van der Waals surface area contributed by atoms with Gasteiger partial charge in [-0.3, -0.25) is 9.59 Å². The number of hydrogen-bond acceptors (Lipinski definition) is 4. The first-order chi connectivity index (χ1) is 11.7. The van der Waals surface area contributed by atoms with Crippen molar-refractivity contribution in [3.63, 3.8) is 0 Å². The Kier molecular flexibility index (Phi) is 7.72. The molecule has 2 heterocycles. The molecule has 1 aliphatic carbocycles. The van der Waals surface area contributed by atoms with Crippen molar-refractivity contribution in [3.8, 4) is 0 Å². The lowest BCUT2D eigenvalue weighted by Crippen LogP contribution is -2.51. The predicted octanol–water partition coefficient (Wildman–Crippen LogP) is 2.34. The van der Waals surface area contributed by atoms with Crippen molar-refractivity contribution in [3.05, 3.63) is 21.9 Å². The van der Waals surface area contributed by atoms with Crippen molar-refractivity contribution in [1.29, 1.82) is 0 Å². The summed E-state index contributed by atoms with van der Waals surface area (Å²) in [4.78, 5) is 28.3. The molecule has 25 heavy (non-hydrogen) atoms. The van der Waals surface area contributed by atoms with Crippen LogP contribution in [0.3, 0.4) is 0 Å². The molecule has 1 aromatic rings. The Morgan fingerprint density at radius 3 is 2.92 bits per heavy atom. The van der Waals surface area contributed by atoms with E-state index in [1.165, 1.54) is 23.3 Å². The number of nitrogens with zero attached hydrogens (tertiary/aromatic N) is 1. The molecule has 7 heteroatoms. The average molecular weight is 386 g/mol. The van der Waals surface area contributed by atoms with Crippen LogP contribution >= 0.6 is 23.7 Å². The Balaban J connectivity index is 0.00000225. The van der Waals surface area contributed by atoms with Gasteiger partial charge in [-0.15, -0.1) is 23.7 Å². The van der Waals surface area contributed by atoms with Crippen molar-refractivity contribution in [1.82, 2.24) is 15.5 Å². The van der Waals surface area contributed by atoms with Gasteiger partial charge < -0.3 is 15.5 Å². The van der Waals surface area contributed by atoms with E-state index in [-0.39, 0.29) is 24.2 Å². The highest BCUT2D eigenvalue weighted by molar-refractivity contribution is 7.10. The molecule has 0 radical (unpaired) electrons. The van der Waals surface area contributed by atoms with Crippen LogP contribution in [0.15, 0.2) is 11.4 Å². The molecule has 0 saturated heterocycles. The Morgan fingerprint density at radius 2 is 2.20 bits per heavy atom. The maximum atomic E-state index is 12.8. The number of carbonyl (C=O) groups is 2. The number of amides is 2. The zero-order chi connectivity index (χ0) is 16.9. The van der Waals surface area contributed by atoms with Gasteiger partial charge in [0.05, 0.1) is 6.54 Å². The van der Waals surface area contributed by atoms with Crippen LogP contribution in [0.1, 0.15) is 43.0 Å². The summed E-state index contributed by atoms with van der Waals surface area (Å²) in [6, 6.07) is 1.71. The third-order valence-corrected chi connectivity index (χ3v) is 5.77. The van der Waals surface area contributed by atoms with Gasteiger partial charge in [0.25, 0.3) is 0 Å². The smallest absolute Gasteiger partial charge is 0.245 e. The van der Waals surface area contributed by atoms with Crippen molar-refractivity contribution < 1.29 is 9.59 Å². The van der Waals surface area contributed by atoms with Crippen molar-refractivity contribution in [2.45, 2.75) is 51.6 Å². The number of thiophene rings is 1. The second-order valence-electron chi connectivity index (χ2n) is 6.86. The van der Waals surface area contributed by atoms with Crippen molar-refractivity contribution >= 4 is 35.6 Å². The van der Waals surface area contributed by atoms with Crippen molar-refractivity contribution in [2.24, 2.45) is 5.92 Å². The van der Waals surface area contributed by atoms with Crippen molar-refractivity contribution in [2.75, 3.05) is 19.6 Å². The summed E-state index contributed by atoms with van der Waals surface area (Å²) in [6.45, 7) is 4.69. The first kappa shape index (κ1) is 20.2. The standard InChI is InChI=1S/C18H27N3O2S.ClH/c1-2-3-15(20-17(22)11-19-10-13-4-5-13)18(23)21-8-6-16-14(12-21)7-9-24-16;/h7,9,13,15,19H,2-6,8,10-12H2,1H3,(H,20,22);1H. The van der Waals surface area contributed by atoms with E-state index in [0.29, 0.717) is 19.5 Å². The average Bonchev–Trinajstić information content (AvgIpc) is 3.28. The molecule has 2 aliphatic rings. The third kappa shape index (κ3) is 5.69. The molecular weight excluding hydrogens is 358 g/mol. The summed E-state index contributed by atoms with van der Waals surface area (Å²) >= 11 is 1.77. The van der Waals surface area contributed by atoms with Gasteiger partial charge in [0.1, 0.15) is 6.04 Å². The van der Waals surface area contributed by atoms with Crippen LogP contribution in [-0.2, 0) is 22.6 Å². The van der Waals surface area contributed by atoms with Gasteiger partial charge in [0, 0.05) is 18.0 Å². The largest absolute Gasteiger partial charge is 0.343 e. The summed E-state index contributed by atoms with van der Waals surface area (Å²) in [5, 5.41) is 8.22. The fraction of sp³-hybridized carbons (Fsp3) is 0.667. The molecule has 5 nitrogen and oxygen atoms in total. The fourth-order valence-corrected chi connectivity index (χ4v) is 4.05. The zero-order valence-corrected chi connectivity index (χ0v) is 16.4. The van der Waals surface area contributed by atoms with Gasteiger partial charge in [-0.1, -0.05) is 13.3 Å². The van der Waals surface area contributed by atoms with Crippen LogP contribution in [0, 0.1) is 5.92 Å². The molecule has 1 aliphatic heterocycles. The molecule has 1 saturated carbocycles. The van der Waals surface area contributed by atoms with Crippen LogP contribution in [-0.4, -0.2) is 42.4 Å². The van der Waals surface area contributed by atoms with E-state index in [4.69, 9.17) is 0 Å². The molecule has 1 fully saturated rings. The van der Waals surface area contributed by atoms with Crippen LogP contribution in [0.2, 0.25) is 0 Å². The predicted molar refractivity (Wildman–Crippen MR) is 103 cm³/mol. The molecule has 2 N–H and O–H groups in total. The minimum atomic E-state index is -0.398. The first-order valence-electron chi connectivity index (χ1n) is 9.01. The Hall–Kier alpha value is -1.11. The zero-order valence-electron chi connectivity index (χ0n) is 14.8. The highest BCUT2D eigenvalue weighted by Gasteiger charge is 2.28. The summed E-state index contributed by atoms with van der Waals surface area (Å²) < 4.78 is 0. The van der Waals surface area contributed by atoms with Gasteiger partial charge in [0.2, 0.25) is 11.8 Å². The minimum Gasteiger partial charge on any atom is -0.343 e. The highest BCUT2D eigenvalue weighted by Crippen LogP contribution is 2.27. The molecule has 140 valence electrons. The SMILES string of the molecule is CCCC(NC(=O)CNCC1CC1)C(=O)N1CCc2sccc2C1.Cl. The monoisotopic (exact) mass is 385 g/mol. The topological polar surface area (TPSA) is 61.4 Å². The van der Waals surface area contributed by atoms with E-state index in [1.807, 2.05) is 11.8 Å². The Morgan fingerprint density at radius 1 is 1.40 bits per heavy atom. The minimum absolute atomic E-state index is 0. The molecule has 1 atom stereocenters. The molecule has 0 aromatic carbocycles. The highest BCUT2D eigenvalue weighted by atomic mass is 35.5. The second-order valence-corrected chi connectivity index (χ2v) is 7.86. The lowest BCUT2D eigenvalue weighted by molar-refractivity contribution is -0.137. The summed E-state index contributed by atoms with van der Waals surface area (Å²) in [5.74, 6) is 0.735. The quantitative estimate of drug-likeness (QED) is 0.722. The number of fused-ring (bicyclic) bond motifs is 1. The lowest BCUT2D eigenvalue weighted by atomic mass is 10.1. The summed E-state index contributed by atoms with van der Waals surface area (Å²) in [5.41, 5.74) is 1.26. The summed E-state index contributed by atoms with van der Waals surface area (Å²) in [7, 11) is 0. The Labute approximate surface area is 160 Å². The van der Waals surface area contributed by atoms with E-state index in [1.54, 1.807) is 11.3 Å². The summed E-state index contributed by atoms with van der Waals surface area (Å²) in [6.07, 6.45) is 5.04. The molecule has 0 bridgehead atoms. The van der Waals surface area contributed by atoms with Gasteiger partial charge in [-0.25, -0.2) is 0 Å². The van der Waals surface area contributed by atoms with E-state index >= 15 is 0 Å². The molecule has 3 rings (SSSR count). The molecule has 2 amide bonds. The van der Waals surface area contributed by atoms with E-state index in [9.17, 15) is 9.59 Å². The van der Waals surface area contributed by atoms with Crippen LogP contribution < -0.4 is 10.6 Å². The van der Waals surface area contributed by atoms with Crippen LogP contribution in [0.5, 0.6) is 0 Å². The van der Waals surface area contributed by atoms with Crippen LogP contribution in [0.4, 0.5) is 0 Å². The number of rotatable bonds is 8. The normalized spacial score (nSPS) is 17.4. The van der Waals surface area contributed by atoms with Gasteiger partial charge in [-0.2, -0.15) is 0 Å². The number of carbonyl (C=O) groups excluding carboxylic acids is 2. The van der Waals surface area contributed by atoms with Crippen LogP contribution in [0.25, 0.3) is 0 Å². The fourth-order valence-electron chi connectivity index (χ4n) is 3.16. The molecule has 1 unspecified atom stereocenters. The van der Waals surface area contributed by atoms with Gasteiger partial charge in [0.15, 0.2) is 0 Å². The first-order valence-corrected chi connectivity index (χ1v) is 9.89. The van der Waals surface area contributed by atoms with Gasteiger partial charge >= 0.3 is 0 Å². The molecule has 0 spiro atoms. The van der Waals surface area contributed by atoms with E-state index < -0.39 is 6.04 Å². The van der Waals surface area contributed by atoms with E-state index in [2.05, 4.69) is 22.1 Å². The molecular formula is C18H28ClN3O2S. The second kappa shape index (κ2) is 9.55. The van der Waals surface area contributed by atoms with Gasteiger partial charge in [-0.05, 0) is 55.2 Å². The Bertz CT molecular complexity index is 589. The maximum Gasteiger partial charge on any atom is 0.245 e.